The predicted octanol–water partition coefficient (Wildman–Crippen LogP) is 1.48. The summed E-state index contributed by atoms with van der Waals surface area (Å²) in [6.45, 7) is -0.0641. The maximum Gasteiger partial charge on any atom is 0.161 e. The van der Waals surface area contributed by atoms with E-state index < -0.39 is 0 Å². The van der Waals surface area contributed by atoms with Crippen LogP contribution in [0.1, 0.15) is 5.56 Å². The average molecular weight is 215 g/mol. The molecule has 0 saturated heterocycles. The molecular weight excluding hydrogens is 206 g/mol. The van der Waals surface area contributed by atoms with Gasteiger partial charge in [-0.2, -0.15) is 5.10 Å². The van der Waals surface area contributed by atoms with Gasteiger partial charge < -0.3 is 9.52 Å². The molecule has 0 aromatic carbocycles. The van der Waals surface area contributed by atoms with Crippen molar-refractivity contribution in [1.82, 2.24) is 14.6 Å². The summed E-state index contributed by atoms with van der Waals surface area (Å²) in [4.78, 5) is 4.19. The van der Waals surface area contributed by atoms with Crippen LogP contribution in [0.5, 0.6) is 0 Å². The Balaban J connectivity index is 2.30. The number of hydrogen-bond acceptors (Lipinski definition) is 4. The first-order valence-corrected chi connectivity index (χ1v) is 4.85. The molecule has 3 aromatic rings. The lowest BCUT2D eigenvalue weighted by molar-refractivity contribution is 0.283. The van der Waals surface area contributed by atoms with Crippen LogP contribution in [-0.4, -0.2) is 19.7 Å². The Morgan fingerprint density at radius 3 is 3.06 bits per heavy atom. The van der Waals surface area contributed by atoms with Gasteiger partial charge in [-0.25, -0.2) is 9.50 Å². The second-order valence-corrected chi connectivity index (χ2v) is 3.41. The van der Waals surface area contributed by atoms with Crippen molar-refractivity contribution in [2.75, 3.05) is 0 Å². The van der Waals surface area contributed by atoms with Crippen molar-refractivity contribution >= 4 is 5.65 Å². The molecule has 3 heterocycles. The number of aromatic nitrogens is 3. The zero-order valence-corrected chi connectivity index (χ0v) is 8.37. The molecule has 0 bridgehead atoms. The van der Waals surface area contributed by atoms with E-state index in [1.165, 1.54) is 0 Å². The van der Waals surface area contributed by atoms with E-state index in [9.17, 15) is 0 Å². The molecule has 1 N–H and O–H groups in total. The van der Waals surface area contributed by atoms with Crippen LogP contribution in [-0.2, 0) is 6.61 Å². The van der Waals surface area contributed by atoms with Crippen LogP contribution in [0.2, 0.25) is 0 Å². The van der Waals surface area contributed by atoms with Gasteiger partial charge in [0.05, 0.1) is 31.0 Å². The molecule has 80 valence electrons. The van der Waals surface area contributed by atoms with Crippen LogP contribution in [0, 0.1) is 0 Å². The van der Waals surface area contributed by atoms with Crippen molar-refractivity contribution in [1.29, 1.82) is 0 Å². The normalized spacial score (nSPS) is 11.1. The summed E-state index contributed by atoms with van der Waals surface area (Å²) in [6.07, 6.45) is 6.57. The second kappa shape index (κ2) is 3.46. The highest BCUT2D eigenvalue weighted by molar-refractivity contribution is 5.62. The van der Waals surface area contributed by atoms with E-state index in [0.29, 0.717) is 11.2 Å². The summed E-state index contributed by atoms with van der Waals surface area (Å²) < 4.78 is 6.73. The van der Waals surface area contributed by atoms with Crippen molar-refractivity contribution in [2.45, 2.75) is 6.61 Å². The molecule has 0 aliphatic carbocycles. The molecule has 0 atom stereocenters. The number of aliphatic hydroxyl groups is 1. The van der Waals surface area contributed by atoms with Gasteiger partial charge >= 0.3 is 0 Å². The van der Waals surface area contributed by atoms with Crippen molar-refractivity contribution in [3.05, 3.63) is 42.6 Å². The monoisotopic (exact) mass is 215 g/mol. The van der Waals surface area contributed by atoms with Gasteiger partial charge in [0.2, 0.25) is 0 Å². The Morgan fingerprint density at radius 1 is 1.38 bits per heavy atom. The largest absolute Gasteiger partial charge is 0.472 e. The molecule has 0 radical (unpaired) electrons. The maximum atomic E-state index is 9.13. The van der Waals surface area contributed by atoms with Gasteiger partial charge in [0.15, 0.2) is 5.65 Å². The highest BCUT2D eigenvalue weighted by atomic mass is 16.3. The summed E-state index contributed by atoms with van der Waals surface area (Å²) >= 11 is 0. The number of hydrogen-bond donors (Lipinski definition) is 1. The van der Waals surface area contributed by atoms with Gasteiger partial charge in [-0.05, 0) is 12.1 Å². The number of furan rings is 1. The SMILES string of the molecule is OCc1cnn2c(-c3ccoc3)ccnc12. The summed E-state index contributed by atoms with van der Waals surface area (Å²) in [5.41, 5.74) is 3.20. The smallest absolute Gasteiger partial charge is 0.161 e. The van der Waals surface area contributed by atoms with Crippen LogP contribution >= 0.6 is 0 Å². The Bertz CT molecular complexity index is 613. The molecule has 0 spiro atoms. The van der Waals surface area contributed by atoms with E-state index in [0.717, 1.165) is 11.3 Å². The van der Waals surface area contributed by atoms with Crippen LogP contribution in [0.4, 0.5) is 0 Å². The molecule has 0 amide bonds. The quantitative estimate of drug-likeness (QED) is 0.703. The number of aliphatic hydroxyl groups excluding tert-OH is 1. The van der Waals surface area contributed by atoms with Crippen LogP contribution in [0.3, 0.4) is 0 Å². The number of nitrogens with zero attached hydrogens (tertiary/aromatic N) is 3. The molecule has 0 aliphatic heterocycles. The van der Waals surface area contributed by atoms with Gasteiger partial charge in [0, 0.05) is 17.3 Å². The molecule has 5 heteroatoms. The van der Waals surface area contributed by atoms with E-state index in [4.69, 9.17) is 9.52 Å². The topological polar surface area (TPSA) is 63.6 Å². The Morgan fingerprint density at radius 2 is 2.31 bits per heavy atom. The van der Waals surface area contributed by atoms with Crippen molar-refractivity contribution < 1.29 is 9.52 Å². The summed E-state index contributed by atoms with van der Waals surface area (Å²) in [6, 6.07) is 3.71. The van der Waals surface area contributed by atoms with Gasteiger partial charge in [-0.15, -0.1) is 0 Å². The lowest BCUT2D eigenvalue weighted by Gasteiger charge is -2.01. The minimum atomic E-state index is -0.0641. The standard InChI is InChI=1S/C11H9N3O2/c15-6-9-5-13-14-10(1-3-12-11(9)14)8-2-4-16-7-8/h1-5,7,15H,6H2. The molecule has 0 saturated carbocycles. The van der Waals surface area contributed by atoms with E-state index in [1.807, 2.05) is 12.1 Å². The third kappa shape index (κ3) is 1.22. The lowest BCUT2D eigenvalue weighted by Crippen LogP contribution is -1.95. The second-order valence-electron chi connectivity index (χ2n) is 3.41. The first-order valence-electron chi connectivity index (χ1n) is 4.85. The van der Waals surface area contributed by atoms with Crippen molar-refractivity contribution in [3.8, 4) is 11.3 Å². The Kier molecular flexibility index (Phi) is 1.97. The van der Waals surface area contributed by atoms with Crippen molar-refractivity contribution in [2.24, 2.45) is 0 Å². The minimum Gasteiger partial charge on any atom is -0.472 e. The third-order valence-corrected chi connectivity index (χ3v) is 2.46. The molecule has 3 aromatic heterocycles. The van der Waals surface area contributed by atoms with Gasteiger partial charge in [-0.3, -0.25) is 0 Å². The number of rotatable bonds is 2. The fraction of sp³-hybridized carbons (Fsp3) is 0.0909. The first-order chi connectivity index (χ1) is 7.90. The van der Waals surface area contributed by atoms with Crippen LogP contribution in [0.25, 0.3) is 16.9 Å². The molecule has 0 unspecified atom stereocenters. The van der Waals surface area contributed by atoms with E-state index in [-0.39, 0.29) is 6.61 Å². The zero-order chi connectivity index (χ0) is 11.0. The summed E-state index contributed by atoms with van der Waals surface area (Å²) in [7, 11) is 0. The fourth-order valence-corrected chi connectivity index (χ4v) is 1.68. The van der Waals surface area contributed by atoms with Crippen LogP contribution in [0.15, 0.2) is 41.5 Å². The average Bonchev–Trinajstić information content (AvgIpc) is 2.97. The van der Waals surface area contributed by atoms with Crippen molar-refractivity contribution in [3.63, 3.8) is 0 Å². The Hall–Kier alpha value is -2.14. The third-order valence-electron chi connectivity index (χ3n) is 2.46. The molecule has 3 rings (SSSR count). The first kappa shape index (κ1) is 9.11. The Labute approximate surface area is 91.0 Å². The van der Waals surface area contributed by atoms with E-state index in [2.05, 4.69) is 10.1 Å². The molecule has 0 fully saturated rings. The summed E-state index contributed by atoms with van der Waals surface area (Å²) in [5, 5.41) is 13.3. The lowest BCUT2D eigenvalue weighted by atomic mass is 10.2. The van der Waals surface area contributed by atoms with E-state index in [1.54, 1.807) is 29.4 Å². The molecule has 16 heavy (non-hydrogen) atoms. The zero-order valence-electron chi connectivity index (χ0n) is 8.37. The van der Waals surface area contributed by atoms with Gasteiger partial charge in [-0.1, -0.05) is 0 Å². The fourth-order valence-electron chi connectivity index (χ4n) is 1.68. The van der Waals surface area contributed by atoms with E-state index >= 15 is 0 Å². The predicted molar refractivity (Wildman–Crippen MR) is 56.6 cm³/mol. The summed E-state index contributed by atoms with van der Waals surface area (Å²) in [5.74, 6) is 0. The van der Waals surface area contributed by atoms with Gasteiger partial charge in [0.1, 0.15) is 0 Å². The number of fused-ring (bicyclic) bond motifs is 1. The highest BCUT2D eigenvalue weighted by Crippen LogP contribution is 2.20. The highest BCUT2D eigenvalue weighted by Gasteiger charge is 2.09. The molecular formula is C11H9N3O2. The molecule has 5 nitrogen and oxygen atoms in total. The van der Waals surface area contributed by atoms with Gasteiger partial charge in [0.25, 0.3) is 0 Å². The maximum absolute atomic E-state index is 9.13. The van der Waals surface area contributed by atoms with Crippen LogP contribution < -0.4 is 0 Å². The molecule has 0 aliphatic rings. The minimum absolute atomic E-state index is 0.0641.